The molecule has 238 valence electrons. The lowest BCUT2D eigenvalue weighted by Crippen LogP contribution is -2.18. The zero-order valence-corrected chi connectivity index (χ0v) is 28.3. The molecule has 1 unspecified atom stereocenters. The van der Waals surface area contributed by atoms with Gasteiger partial charge in [-0.1, -0.05) is 97.6 Å². The molecule has 0 aromatic heterocycles. The van der Waals surface area contributed by atoms with Crippen LogP contribution in [0.2, 0.25) is 0 Å². The van der Waals surface area contributed by atoms with Crippen molar-refractivity contribution < 1.29 is 21.4 Å². The maximum Gasteiger partial charge on any atom is 0.295 e. The molecule has 1 N–H and O–H groups in total. The number of hydrogen-bond donors (Lipinski definition) is 1. The Kier molecular flexibility index (Phi) is 10.8. The van der Waals surface area contributed by atoms with Gasteiger partial charge in [0.25, 0.3) is 10.1 Å². The fourth-order valence-corrected chi connectivity index (χ4v) is 10.4. The van der Waals surface area contributed by atoms with E-state index in [1.165, 1.54) is 87.3 Å². The zero-order valence-electron chi connectivity index (χ0n) is 26.7. The summed E-state index contributed by atoms with van der Waals surface area (Å²) < 4.78 is 56.1. The highest BCUT2D eigenvalue weighted by Gasteiger charge is 2.32. The van der Waals surface area contributed by atoms with Gasteiger partial charge in [0.1, 0.15) is 10.6 Å². The van der Waals surface area contributed by atoms with E-state index in [9.17, 15) is 17.2 Å². The number of rotatable bonds is 9. The molecule has 3 aliphatic rings. The summed E-state index contributed by atoms with van der Waals surface area (Å²) in [5.41, 5.74) is 4.92. The summed E-state index contributed by atoms with van der Waals surface area (Å²) in [6.45, 7) is 7.62. The minimum Gasteiger partial charge on any atom is -0.397 e. The van der Waals surface area contributed by atoms with Crippen LogP contribution >= 0.6 is 0 Å². The third-order valence-electron chi connectivity index (χ3n) is 10.3. The van der Waals surface area contributed by atoms with Gasteiger partial charge in [-0.25, -0.2) is 4.21 Å². The van der Waals surface area contributed by atoms with Gasteiger partial charge in [0, 0.05) is 0 Å². The third-order valence-corrected chi connectivity index (χ3v) is 12.4. The van der Waals surface area contributed by atoms with E-state index < -0.39 is 21.2 Å². The van der Waals surface area contributed by atoms with Crippen molar-refractivity contribution in [1.82, 2.24) is 0 Å². The first-order chi connectivity index (χ1) is 20.5. The molecule has 5 nitrogen and oxygen atoms in total. The summed E-state index contributed by atoms with van der Waals surface area (Å²) in [6, 6.07) is 8.17. The summed E-state index contributed by atoms with van der Waals surface area (Å²) >= 11 is -1.76. The molecule has 0 spiro atoms. The molecule has 0 saturated heterocycles. The van der Waals surface area contributed by atoms with Crippen molar-refractivity contribution in [3.8, 4) is 5.75 Å². The van der Waals surface area contributed by atoms with Crippen LogP contribution in [0, 0.1) is 0 Å². The Hall–Kier alpha value is -1.70. The van der Waals surface area contributed by atoms with E-state index in [1.807, 2.05) is 27.7 Å². The highest BCUT2D eigenvalue weighted by atomic mass is 32.2. The molecule has 5 rings (SSSR count). The Morgan fingerprint density at radius 3 is 1.44 bits per heavy atom. The number of hydrogen-bond acceptors (Lipinski definition) is 4. The van der Waals surface area contributed by atoms with Gasteiger partial charge in [0.05, 0.1) is 4.90 Å². The second kappa shape index (κ2) is 14.2. The van der Waals surface area contributed by atoms with Gasteiger partial charge in [-0.05, 0) is 108 Å². The normalized spacial score (nSPS) is 20.5. The molecule has 3 aliphatic carbocycles. The predicted octanol–water partition coefficient (Wildman–Crippen LogP) is 10.4. The molecule has 0 amide bonds. The quantitative estimate of drug-likeness (QED) is 0.279. The molecule has 0 heterocycles. The maximum atomic E-state index is 14.6. The summed E-state index contributed by atoms with van der Waals surface area (Å²) in [7, 11) is -4.44. The molecular weight excluding hydrogens is 577 g/mol. The first-order valence-corrected chi connectivity index (χ1v) is 19.5. The highest BCUT2D eigenvalue weighted by Crippen LogP contribution is 2.46. The van der Waals surface area contributed by atoms with Crippen LogP contribution in [0.15, 0.2) is 34.1 Å². The fraction of sp³-hybridized carbons (Fsp3) is 0.667. The van der Waals surface area contributed by atoms with Gasteiger partial charge in [0.15, 0.2) is 0 Å². The minimum atomic E-state index is -4.44. The van der Waals surface area contributed by atoms with Gasteiger partial charge < -0.3 is 4.18 Å². The molecule has 43 heavy (non-hydrogen) atoms. The Bertz CT molecular complexity index is 1320. The van der Waals surface area contributed by atoms with E-state index in [-0.39, 0.29) is 16.7 Å². The molecule has 7 heteroatoms. The first-order valence-electron chi connectivity index (χ1n) is 17.0. The van der Waals surface area contributed by atoms with Crippen molar-refractivity contribution >= 4 is 21.2 Å². The molecule has 3 fully saturated rings. The monoisotopic (exact) mass is 628 g/mol. The van der Waals surface area contributed by atoms with Crippen LogP contribution in [0.5, 0.6) is 5.75 Å². The van der Waals surface area contributed by atoms with Crippen LogP contribution in [-0.4, -0.2) is 17.2 Å². The SMILES string of the molecule is CC(C)c1cc(OS(=O)c2c(C3CCCCC3)cc(C3CCCCC3)cc2C2CCCCC2)cc(C(C)C)c1S(=O)(=O)O. The Balaban J connectivity index is 1.64. The van der Waals surface area contributed by atoms with Gasteiger partial charge in [-0.2, -0.15) is 8.42 Å². The Morgan fingerprint density at radius 2 is 1.07 bits per heavy atom. The van der Waals surface area contributed by atoms with Crippen LogP contribution < -0.4 is 4.18 Å². The van der Waals surface area contributed by atoms with E-state index in [2.05, 4.69) is 12.1 Å². The minimum absolute atomic E-state index is 0.0433. The van der Waals surface area contributed by atoms with E-state index >= 15 is 0 Å². The molecule has 0 radical (unpaired) electrons. The van der Waals surface area contributed by atoms with Crippen LogP contribution in [0.1, 0.15) is 181 Å². The van der Waals surface area contributed by atoms with Gasteiger partial charge in [0.2, 0.25) is 11.1 Å². The standard InChI is InChI=1S/C36H52O5S2/c1-24(2)31-22-30(23-32(25(3)4)36(31)43(38,39)40)41-42(37)35-33(27-16-10-6-11-17-27)20-29(26-14-8-5-9-15-26)21-34(35)28-18-12-7-13-19-28/h20-28H,5-19H2,1-4H3,(H,38,39,40). The molecule has 0 aliphatic heterocycles. The molecular formula is C36H52O5S2. The number of benzene rings is 2. The average molecular weight is 629 g/mol. The second-order valence-electron chi connectivity index (χ2n) is 14.1. The molecule has 0 bridgehead atoms. The van der Waals surface area contributed by atoms with Gasteiger partial charge >= 0.3 is 0 Å². The average Bonchev–Trinajstić information content (AvgIpc) is 3.00. The van der Waals surface area contributed by atoms with E-state index in [1.54, 1.807) is 12.1 Å². The zero-order chi connectivity index (χ0) is 30.7. The molecule has 2 aromatic rings. The van der Waals surface area contributed by atoms with E-state index in [0.29, 0.717) is 34.6 Å². The van der Waals surface area contributed by atoms with E-state index in [4.69, 9.17) is 4.18 Å². The lowest BCUT2D eigenvalue weighted by molar-refractivity contribution is 0.418. The highest BCUT2D eigenvalue weighted by molar-refractivity contribution is 7.86. The first kappa shape index (κ1) is 32.7. The lowest BCUT2D eigenvalue weighted by Gasteiger charge is -2.32. The summed E-state index contributed by atoms with van der Waals surface area (Å²) in [4.78, 5) is 0.840. The lowest BCUT2D eigenvalue weighted by atomic mass is 9.76. The van der Waals surface area contributed by atoms with Crippen molar-refractivity contribution in [3.05, 3.63) is 52.1 Å². The Morgan fingerprint density at radius 1 is 0.674 bits per heavy atom. The van der Waals surface area contributed by atoms with Crippen molar-refractivity contribution in [2.75, 3.05) is 0 Å². The maximum absolute atomic E-state index is 14.6. The molecule has 1 atom stereocenters. The molecule has 2 aromatic carbocycles. The fourth-order valence-electron chi connectivity index (χ4n) is 7.97. The second-order valence-corrected chi connectivity index (χ2v) is 16.5. The van der Waals surface area contributed by atoms with Gasteiger partial charge in [-0.3, -0.25) is 4.55 Å². The van der Waals surface area contributed by atoms with Crippen molar-refractivity contribution in [1.29, 1.82) is 0 Å². The molecule has 3 saturated carbocycles. The van der Waals surface area contributed by atoms with Crippen molar-refractivity contribution in [2.45, 2.75) is 163 Å². The van der Waals surface area contributed by atoms with E-state index in [0.717, 1.165) is 30.6 Å². The summed E-state index contributed by atoms with van der Waals surface area (Å²) in [5, 5.41) is 0. The van der Waals surface area contributed by atoms with Gasteiger partial charge in [-0.15, -0.1) is 0 Å². The van der Waals surface area contributed by atoms with Crippen LogP contribution in [0.3, 0.4) is 0 Å². The third kappa shape index (κ3) is 7.58. The predicted molar refractivity (Wildman–Crippen MR) is 175 cm³/mol. The smallest absolute Gasteiger partial charge is 0.295 e. The largest absolute Gasteiger partial charge is 0.397 e. The summed E-state index contributed by atoms with van der Waals surface area (Å²) in [5.74, 6) is 1.42. The van der Waals surface area contributed by atoms with Crippen LogP contribution in [0.4, 0.5) is 0 Å². The topological polar surface area (TPSA) is 80.7 Å². The summed E-state index contributed by atoms with van der Waals surface area (Å²) in [6.07, 6.45) is 18.2. The van der Waals surface area contributed by atoms with Crippen LogP contribution in [-0.2, 0) is 21.2 Å². The Labute approximate surface area is 263 Å². The van der Waals surface area contributed by atoms with Crippen molar-refractivity contribution in [2.24, 2.45) is 0 Å². The van der Waals surface area contributed by atoms with Crippen LogP contribution in [0.25, 0.3) is 0 Å². The van der Waals surface area contributed by atoms with Crippen molar-refractivity contribution in [3.63, 3.8) is 0 Å².